The summed E-state index contributed by atoms with van der Waals surface area (Å²) in [4.78, 5) is 0. The molecule has 0 saturated carbocycles. The van der Waals surface area contributed by atoms with Gasteiger partial charge in [-0.15, -0.1) is 0 Å². The van der Waals surface area contributed by atoms with E-state index >= 15 is 0 Å². The van der Waals surface area contributed by atoms with E-state index in [0.717, 1.165) is 19.3 Å². The zero-order valence-corrected chi connectivity index (χ0v) is 7.84. The zero-order chi connectivity index (χ0) is 9.24. The third-order valence-electron chi connectivity index (χ3n) is 2.57. The monoisotopic (exact) mass is 174 g/mol. The van der Waals surface area contributed by atoms with Crippen molar-refractivity contribution >= 4 is 0 Å². The van der Waals surface area contributed by atoms with Crippen LogP contribution < -0.4 is 0 Å². The summed E-state index contributed by atoms with van der Waals surface area (Å²) in [5.74, 6) is 0. The predicted molar refractivity (Wildman–Crippen MR) is 45.9 cm³/mol. The molecule has 0 aliphatic carbocycles. The normalized spacial score (nSPS) is 43.0. The number of hydrogen-bond acceptors (Lipinski definition) is 3. The van der Waals surface area contributed by atoms with Crippen LogP contribution >= 0.6 is 0 Å². The van der Waals surface area contributed by atoms with Crippen molar-refractivity contribution in [3.05, 3.63) is 0 Å². The zero-order valence-electron chi connectivity index (χ0n) is 7.84. The first-order valence-corrected chi connectivity index (χ1v) is 4.45. The minimum Gasteiger partial charge on any atom is -0.393 e. The van der Waals surface area contributed by atoms with Crippen LogP contribution in [0.5, 0.6) is 0 Å². The average molecular weight is 174 g/mol. The van der Waals surface area contributed by atoms with Gasteiger partial charge < -0.3 is 14.9 Å². The predicted octanol–water partition coefficient (Wildman–Crippen LogP) is 0.689. The molecule has 0 aromatic heterocycles. The molecule has 0 spiro atoms. The van der Waals surface area contributed by atoms with Gasteiger partial charge in [-0.1, -0.05) is 0 Å². The van der Waals surface area contributed by atoms with E-state index in [4.69, 9.17) is 14.9 Å². The number of aliphatic hydroxyl groups excluding tert-OH is 2. The van der Waals surface area contributed by atoms with Gasteiger partial charge in [-0.25, -0.2) is 0 Å². The number of hydrogen-bond donors (Lipinski definition) is 2. The van der Waals surface area contributed by atoms with Gasteiger partial charge in [0.15, 0.2) is 0 Å². The van der Waals surface area contributed by atoms with Crippen molar-refractivity contribution in [2.24, 2.45) is 0 Å². The van der Waals surface area contributed by atoms with Crippen molar-refractivity contribution < 1.29 is 14.9 Å². The van der Waals surface area contributed by atoms with E-state index in [9.17, 15) is 0 Å². The average Bonchev–Trinajstić information content (AvgIpc) is 2.05. The molecule has 1 saturated heterocycles. The van der Waals surface area contributed by atoms with E-state index in [1.54, 1.807) is 0 Å². The summed E-state index contributed by atoms with van der Waals surface area (Å²) in [5, 5.41) is 18.1. The maximum Gasteiger partial charge on any atom is 0.0892 e. The van der Waals surface area contributed by atoms with E-state index in [1.165, 1.54) is 0 Å². The summed E-state index contributed by atoms with van der Waals surface area (Å²) in [7, 11) is 0. The molecule has 1 aliphatic heterocycles. The SMILES string of the molecule is C[C@]1(CO)CCC[C@@](C)(CO)O1. The lowest BCUT2D eigenvalue weighted by atomic mass is 9.88. The molecule has 1 rings (SSSR count). The van der Waals surface area contributed by atoms with Crippen molar-refractivity contribution in [3.8, 4) is 0 Å². The van der Waals surface area contributed by atoms with Crippen molar-refractivity contribution in [1.82, 2.24) is 0 Å². The van der Waals surface area contributed by atoms with Gasteiger partial charge in [-0.3, -0.25) is 0 Å². The van der Waals surface area contributed by atoms with E-state index in [2.05, 4.69) is 0 Å². The highest BCUT2D eigenvalue weighted by molar-refractivity contribution is 4.88. The Balaban J connectivity index is 2.62. The van der Waals surface area contributed by atoms with Gasteiger partial charge in [-0.05, 0) is 33.1 Å². The van der Waals surface area contributed by atoms with E-state index < -0.39 is 11.2 Å². The van der Waals surface area contributed by atoms with Crippen LogP contribution in [0.2, 0.25) is 0 Å². The Hall–Kier alpha value is -0.120. The molecule has 1 aliphatic rings. The fraction of sp³-hybridized carbons (Fsp3) is 1.00. The van der Waals surface area contributed by atoms with E-state index in [0.29, 0.717) is 0 Å². The van der Waals surface area contributed by atoms with Crippen molar-refractivity contribution in [3.63, 3.8) is 0 Å². The van der Waals surface area contributed by atoms with Crippen LogP contribution in [-0.2, 0) is 4.74 Å². The second-order valence-corrected chi connectivity index (χ2v) is 4.17. The first kappa shape index (κ1) is 9.96. The molecule has 72 valence electrons. The number of ether oxygens (including phenoxy) is 1. The molecule has 0 bridgehead atoms. The van der Waals surface area contributed by atoms with Crippen molar-refractivity contribution in [2.75, 3.05) is 13.2 Å². The summed E-state index contributed by atoms with van der Waals surface area (Å²) in [6, 6.07) is 0. The lowest BCUT2D eigenvalue weighted by Crippen LogP contribution is -2.49. The van der Waals surface area contributed by atoms with Gasteiger partial charge in [0.1, 0.15) is 0 Å². The summed E-state index contributed by atoms with van der Waals surface area (Å²) in [5.41, 5.74) is -0.897. The molecule has 0 aromatic rings. The standard InChI is InChI=1S/C9H18O3/c1-8(6-10)4-3-5-9(2,7-11)12-8/h10-11H,3-7H2,1-2H3/t8-,9+. The minimum absolute atomic E-state index is 0.0303. The number of rotatable bonds is 2. The lowest BCUT2D eigenvalue weighted by molar-refractivity contribution is -0.202. The van der Waals surface area contributed by atoms with Crippen LogP contribution in [0.25, 0.3) is 0 Å². The smallest absolute Gasteiger partial charge is 0.0892 e. The highest BCUT2D eigenvalue weighted by Crippen LogP contribution is 2.34. The molecule has 1 fully saturated rings. The van der Waals surface area contributed by atoms with E-state index in [1.807, 2.05) is 13.8 Å². The van der Waals surface area contributed by atoms with Crippen LogP contribution in [0.1, 0.15) is 33.1 Å². The fourth-order valence-corrected chi connectivity index (χ4v) is 1.76. The van der Waals surface area contributed by atoms with Crippen LogP contribution in [0, 0.1) is 0 Å². The van der Waals surface area contributed by atoms with Gasteiger partial charge in [0, 0.05) is 0 Å². The second-order valence-electron chi connectivity index (χ2n) is 4.17. The first-order chi connectivity index (χ1) is 5.54. The maximum absolute atomic E-state index is 9.07. The van der Waals surface area contributed by atoms with Gasteiger partial charge in [-0.2, -0.15) is 0 Å². The van der Waals surface area contributed by atoms with Crippen LogP contribution in [0.15, 0.2) is 0 Å². The third-order valence-corrected chi connectivity index (χ3v) is 2.57. The molecule has 0 radical (unpaired) electrons. The van der Waals surface area contributed by atoms with Gasteiger partial charge >= 0.3 is 0 Å². The van der Waals surface area contributed by atoms with Crippen LogP contribution in [-0.4, -0.2) is 34.6 Å². The second kappa shape index (κ2) is 3.32. The maximum atomic E-state index is 9.07. The summed E-state index contributed by atoms with van der Waals surface area (Å²) in [6.45, 7) is 3.84. The Labute approximate surface area is 73.4 Å². The highest BCUT2D eigenvalue weighted by atomic mass is 16.5. The molecular formula is C9H18O3. The molecule has 3 nitrogen and oxygen atoms in total. The molecule has 0 aromatic carbocycles. The molecule has 1 heterocycles. The topological polar surface area (TPSA) is 49.7 Å². The van der Waals surface area contributed by atoms with Crippen molar-refractivity contribution in [2.45, 2.75) is 44.3 Å². The highest BCUT2D eigenvalue weighted by Gasteiger charge is 2.39. The fourth-order valence-electron chi connectivity index (χ4n) is 1.76. The molecule has 0 unspecified atom stereocenters. The van der Waals surface area contributed by atoms with Crippen LogP contribution in [0.3, 0.4) is 0 Å². The Kier molecular flexibility index (Phi) is 2.76. The molecule has 2 N–H and O–H groups in total. The largest absolute Gasteiger partial charge is 0.393 e. The lowest BCUT2D eigenvalue weighted by Gasteiger charge is -2.43. The van der Waals surface area contributed by atoms with Crippen LogP contribution in [0.4, 0.5) is 0 Å². The first-order valence-electron chi connectivity index (χ1n) is 4.45. The molecule has 3 heteroatoms. The molecule has 0 amide bonds. The molecule has 2 atom stereocenters. The summed E-state index contributed by atoms with van der Waals surface area (Å²) >= 11 is 0. The van der Waals surface area contributed by atoms with E-state index in [-0.39, 0.29) is 13.2 Å². The van der Waals surface area contributed by atoms with Gasteiger partial charge in [0.2, 0.25) is 0 Å². The Morgan fingerprint density at radius 3 is 1.83 bits per heavy atom. The Morgan fingerprint density at radius 2 is 1.50 bits per heavy atom. The summed E-state index contributed by atoms with van der Waals surface area (Å²) < 4.78 is 5.66. The molecule has 12 heavy (non-hydrogen) atoms. The third kappa shape index (κ3) is 1.97. The Bertz CT molecular complexity index is 144. The molecular weight excluding hydrogens is 156 g/mol. The van der Waals surface area contributed by atoms with Gasteiger partial charge in [0.25, 0.3) is 0 Å². The Morgan fingerprint density at radius 1 is 1.08 bits per heavy atom. The van der Waals surface area contributed by atoms with Gasteiger partial charge in [0.05, 0.1) is 24.4 Å². The quantitative estimate of drug-likeness (QED) is 0.647. The van der Waals surface area contributed by atoms with Crippen molar-refractivity contribution in [1.29, 1.82) is 0 Å². The minimum atomic E-state index is -0.449. The summed E-state index contributed by atoms with van der Waals surface area (Å²) in [6.07, 6.45) is 2.76. The number of aliphatic hydroxyl groups is 2.